The Bertz CT molecular complexity index is 813. The number of benzene rings is 1. The van der Waals surface area contributed by atoms with Crippen LogP contribution in [0.15, 0.2) is 41.8 Å². The van der Waals surface area contributed by atoms with E-state index in [1.165, 1.54) is 11.3 Å². The number of sulfone groups is 1. The number of thiophene rings is 1. The smallest absolute Gasteiger partial charge is 0.253 e. The molecule has 1 saturated heterocycles. The first-order valence-corrected chi connectivity index (χ1v) is 10.9. The first-order valence-electron chi connectivity index (χ1n) is 8.28. The van der Waals surface area contributed by atoms with Crippen LogP contribution in [0.4, 0.5) is 0 Å². The molecule has 0 spiro atoms. The molecule has 0 N–H and O–H groups in total. The molecule has 0 bridgehead atoms. The SMILES string of the molecule is CCOc1ccc(C(=O)N2CCC(c3cccs3)S(=O)(=O)CC2)cc1. The summed E-state index contributed by atoms with van der Waals surface area (Å²) < 4.78 is 30.5. The van der Waals surface area contributed by atoms with Gasteiger partial charge in [-0.25, -0.2) is 8.42 Å². The second-order valence-electron chi connectivity index (χ2n) is 5.91. The summed E-state index contributed by atoms with van der Waals surface area (Å²) >= 11 is 1.46. The van der Waals surface area contributed by atoms with Crippen molar-refractivity contribution in [2.75, 3.05) is 25.4 Å². The van der Waals surface area contributed by atoms with E-state index in [1.807, 2.05) is 24.4 Å². The highest BCUT2D eigenvalue weighted by Gasteiger charge is 2.33. The van der Waals surface area contributed by atoms with Crippen LogP contribution in [0.1, 0.15) is 33.8 Å². The van der Waals surface area contributed by atoms with Gasteiger partial charge in [0.1, 0.15) is 5.75 Å². The van der Waals surface area contributed by atoms with Crippen molar-refractivity contribution < 1.29 is 17.9 Å². The molecule has 1 aliphatic rings. The Hall–Kier alpha value is -1.86. The first-order chi connectivity index (χ1) is 12.0. The van der Waals surface area contributed by atoms with Crippen molar-refractivity contribution in [1.29, 1.82) is 0 Å². The van der Waals surface area contributed by atoms with Crippen LogP contribution in [-0.4, -0.2) is 44.7 Å². The molecule has 1 aromatic heterocycles. The number of hydrogen-bond acceptors (Lipinski definition) is 5. The first kappa shape index (κ1) is 17.9. The van der Waals surface area contributed by atoms with Gasteiger partial charge in [-0.15, -0.1) is 11.3 Å². The van der Waals surface area contributed by atoms with Crippen LogP contribution in [0.5, 0.6) is 5.75 Å². The van der Waals surface area contributed by atoms with E-state index in [0.717, 1.165) is 10.6 Å². The van der Waals surface area contributed by atoms with E-state index >= 15 is 0 Å². The molecule has 3 rings (SSSR count). The minimum absolute atomic E-state index is 0.00165. The molecule has 1 amide bonds. The van der Waals surface area contributed by atoms with Crippen molar-refractivity contribution in [3.8, 4) is 5.75 Å². The zero-order valence-electron chi connectivity index (χ0n) is 14.1. The highest BCUT2D eigenvalue weighted by Crippen LogP contribution is 2.32. The maximum atomic E-state index is 12.7. The van der Waals surface area contributed by atoms with Crippen LogP contribution in [0.3, 0.4) is 0 Å². The molecule has 7 heteroatoms. The zero-order chi connectivity index (χ0) is 17.9. The van der Waals surface area contributed by atoms with E-state index in [-0.39, 0.29) is 18.2 Å². The molecular formula is C18H21NO4S2. The van der Waals surface area contributed by atoms with Gasteiger partial charge in [-0.1, -0.05) is 6.07 Å². The predicted molar refractivity (Wildman–Crippen MR) is 99.0 cm³/mol. The number of carbonyl (C=O) groups excluding carboxylic acids is 1. The second-order valence-corrected chi connectivity index (χ2v) is 9.19. The Balaban J connectivity index is 1.74. The minimum atomic E-state index is -3.25. The third kappa shape index (κ3) is 4.04. The third-order valence-corrected chi connectivity index (χ3v) is 7.54. The standard InChI is InChI=1S/C18H21NO4S2/c1-2-23-15-7-5-14(6-8-15)18(20)19-10-9-17(16-4-3-12-24-16)25(21,22)13-11-19/h3-8,12,17H,2,9-11,13H2,1H3. The Morgan fingerprint density at radius 3 is 2.64 bits per heavy atom. The molecule has 0 radical (unpaired) electrons. The molecule has 0 saturated carbocycles. The van der Waals surface area contributed by atoms with Gasteiger partial charge >= 0.3 is 0 Å². The van der Waals surface area contributed by atoms with Crippen molar-refractivity contribution in [3.63, 3.8) is 0 Å². The van der Waals surface area contributed by atoms with Gasteiger partial charge in [0.2, 0.25) is 0 Å². The molecule has 1 atom stereocenters. The van der Waals surface area contributed by atoms with Crippen molar-refractivity contribution in [2.45, 2.75) is 18.6 Å². The van der Waals surface area contributed by atoms with E-state index in [0.29, 0.717) is 25.1 Å². The van der Waals surface area contributed by atoms with E-state index in [4.69, 9.17) is 4.74 Å². The summed E-state index contributed by atoms with van der Waals surface area (Å²) in [5.74, 6) is 0.582. The molecule has 0 aliphatic carbocycles. The number of nitrogens with zero attached hydrogens (tertiary/aromatic N) is 1. The predicted octanol–water partition coefficient (Wildman–Crippen LogP) is 3.15. The van der Waals surface area contributed by atoms with Gasteiger partial charge in [0.15, 0.2) is 9.84 Å². The van der Waals surface area contributed by atoms with Gasteiger partial charge in [-0.05, 0) is 49.1 Å². The van der Waals surface area contributed by atoms with Gasteiger partial charge < -0.3 is 9.64 Å². The monoisotopic (exact) mass is 379 g/mol. The summed E-state index contributed by atoms with van der Waals surface area (Å²) in [6.45, 7) is 3.15. The average molecular weight is 380 g/mol. The highest BCUT2D eigenvalue weighted by molar-refractivity contribution is 7.91. The van der Waals surface area contributed by atoms with Crippen LogP contribution < -0.4 is 4.74 Å². The van der Waals surface area contributed by atoms with Crippen molar-refractivity contribution in [2.24, 2.45) is 0 Å². The summed E-state index contributed by atoms with van der Waals surface area (Å²) in [7, 11) is -3.25. The number of hydrogen-bond donors (Lipinski definition) is 0. The lowest BCUT2D eigenvalue weighted by molar-refractivity contribution is 0.0766. The Labute approximate surface area is 152 Å². The molecule has 25 heavy (non-hydrogen) atoms. The summed E-state index contributed by atoms with van der Waals surface area (Å²) in [5, 5.41) is 1.38. The normalized spacial score (nSPS) is 20.0. The molecule has 1 aliphatic heterocycles. The van der Waals surface area contributed by atoms with Gasteiger partial charge in [-0.2, -0.15) is 0 Å². The van der Waals surface area contributed by atoms with Gasteiger partial charge in [-0.3, -0.25) is 4.79 Å². The van der Waals surface area contributed by atoms with Crippen molar-refractivity contribution in [1.82, 2.24) is 4.90 Å². The van der Waals surface area contributed by atoms with Crippen molar-refractivity contribution in [3.05, 3.63) is 52.2 Å². The molecule has 5 nitrogen and oxygen atoms in total. The topological polar surface area (TPSA) is 63.7 Å². The quantitative estimate of drug-likeness (QED) is 0.819. The molecule has 1 fully saturated rings. The molecule has 1 aromatic carbocycles. The van der Waals surface area contributed by atoms with E-state index in [2.05, 4.69) is 0 Å². The second kappa shape index (κ2) is 7.58. The van der Waals surface area contributed by atoms with Gasteiger partial charge in [0.25, 0.3) is 5.91 Å². The average Bonchev–Trinajstić information content (AvgIpc) is 3.07. The summed E-state index contributed by atoms with van der Waals surface area (Å²) in [5.41, 5.74) is 0.551. The van der Waals surface area contributed by atoms with Crippen LogP contribution in [-0.2, 0) is 9.84 Å². The molecular weight excluding hydrogens is 358 g/mol. The van der Waals surface area contributed by atoms with Crippen LogP contribution in [0.25, 0.3) is 0 Å². The highest BCUT2D eigenvalue weighted by atomic mass is 32.2. The lowest BCUT2D eigenvalue weighted by Crippen LogP contribution is -2.33. The lowest BCUT2D eigenvalue weighted by atomic mass is 10.1. The molecule has 134 valence electrons. The third-order valence-electron chi connectivity index (χ3n) is 4.30. The van der Waals surface area contributed by atoms with Gasteiger partial charge in [0.05, 0.1) is 17.6 Å². The minimum Gasteiger partial charge on any atom is -0.494 e. The fraction of sp³-hybridized carbons (Fsp3) is 0.389. The summed E-state index contributed by atoms with van der Waals surface area (Å²) in [6.07, 6.45) is 0.436. The fourth-order valence-corrected chi connectivity index (χ4v) is 5.99. The fourth-order valence-electron chi connectivity index (χ4n) is 2.98. The number of ether oxygens (including phenoxy) is 1. The Morgan fingerprint density at radius 2 is 2.00 bits per heavy atom. The zero-order valence-corrected chi connectivity index (χ0v) is 15.7. The molecule has 1 unspecified atom stereocenters. The van der Waals surface area contributed by atoms with E-state index in [9.17, 15) is 13.2 Å². The Kier molecular flexibility index (Phi) is 5.44. The number of amides is 1. The molecule has 2 heterocycles. The van der Waals surface area contributed by atoms with Crippen LogP contribution in [0, 0.1) is 0 Å². The van der Waals surface area contributed by atoms with Crippen molar-refractivity contribution >= 4 is 27.1 Å². The van der Waals surface area contributed by atoms with E-state index in [1.54, 1.807) is 29.2 Å². The summed E-state index contributed by atoms with van der Waals surface area (Å²) in [4.78, 5) is 15.2. The van der Waals surface area contributed by atoms with E-state index < -0.39 is 15.1 Å². The maximum absolute atomic E-state index is 12.7. The van der Waals surface area contributed by atoms with Gasteiger partial charge in [0, 0.05) is 23.5 Å². The number of rotatable bonds is 4. The molecule has 2 aromatic rings. The summed E-state index contributed by atoms with van der Waals surface area (Å²) in [6, 6.07) is 10.7. The lowest BCUT2D eigenvalue weighted by Gasteiger charge is -2.20. The largest absolute Gasteiger partial charge is 0.494 e. The maximum Gasteiger partial charge on any atom is 0.253 e. The van der Waals surface area contributed by atoms with Crippen LogP contribution in [0.2, 0.25) is 0 Å². The van der Waals surface area contributed by atoms with Crippen LogP contribution >= 0.6 is 11.3 Å². The number of carbonyl (C=O) groups is 1. The Morgan fingerprint density at radius 1 is 1.24 bits per heavy atom.